The topological polar surface area (TPSA) is 44.5 Å². The summed E-state index contributed by atoms with van der Waals surface area (Å²) in [7, 11) is 0. The lowest BCUT2D eigenvalue weighted by Gasteiger charge is -2.16. The molecule has 0 aliphatic carbocycles. The molecular formula is C11H13ClFNO2. The van der Waals surface area contributed by atoms with E-state index < -0.39 is 11.9 Å². The maximum absolute atomic E-state index is 13.5. The Morgan fingerprint density at radius 1 is 1.44 bits per heavy atom. The van der Waals surface area contributed by atoms with Gasteiger partial charge in [-0.3, -0.25) is 0 Å². The van der Waals surface area contributed by atoms with E-state index in [-0.39, 0.29) is 6.29 Å². The fourth-order valence-electron chi connectivity index (χ4n) is 1.68. The number of nitrogens with two attached hydrogens (primary N) is 1. The molecule has 0 bridgehead atoms. The van der Waals surface area contributed by atoms with E-state index in [1.807, 2.05) is 0 Å². The van der Waals surface area contributed by atoms with Gasteiger partial charge in [-0.25, -0.2) is 4.39 Å². The van der Waals surface area contributed by atoms with Crippen LogP contribution >= 0.6 is 11.6 Å². The van der Waals surface area contributed by atoms with E-state index in [2.05, 4.69) is 0 Å². The van der Waals surface area contributed by atoms with Crippen molar-refractivity contribution in [1.82, 2.24) is 0 Å². The molecule has 3 nitrogen and oxygen atoms in total. The van der Waals surface area contributed by atoms with Gasteiger partial charge in [-0.05, 0) is 12.1 Å². The highest BCUT2D eigenvalue weighted by atomic mass is 35.5. The Balaban J connectivity index is 2.04. The first-order valence-electron chi connectivity index (χ1n) is 5.10. The number of halogens is 2. The maximum Gasteiger partial charge on any atom is 0.159 e. The number of hydrogen-bond acceptors (Lipinski definition) is 3. The molecule has 2 N–H and O–H groups in total. The summed E-state index contributed by atoms with van der Waals surface area (Å²) in [4.78, 5) is 0. The quantitative estimate of drug-likeness (QED) is 0.888. The smallest absolute Gasteiger partial charge is 0.159 e. The average Bonchev–Trinajstić information content (AvgIpc) is 2.70. The zero-order valence-electron chi connectivity index (χ0n) is 8.66. The Morgan fingerprint density at radius 2 is 2.12 bits per heavy atom. The van der Waals surface area contributed by atoms with Crippen LogP contribution in [0.5, 0.6) is 0 Å². The second-order valence-electron chi connectivity index (χ2n) is 3.68. The van der Waals surface area contributed by atoms with Crippen molar-refractivity contribution in [3.63, 3.8) is 0 Å². The first-order chi connectivity index (χ1) is 7.66. The van der Waals surface area contributed by atoms with Crippen LogP contribution in [-0.2, 0) is 9.47 Å². The van der Waals surface area contributed by atoms with Crippen LogP contribution in [0.25, 0.3) is 0 Å². The van der Waals surface area contributed by atoms with Crippen molar-refractivity contribution >= 4 is 11.6 Å². The van der Waals surface area contributed by atoms with Crippen LogP contribution in [0.15, 0.2) is 18.2 Å². The van der Waals surface area contributed by atoms with Gasteiger partial charge in [0.05, 0.1) is 13.2 Å². The fourth-order valence-corrected chi connectivity index (χ4v) is 1.84. The highest BCUT2D eigenvalue weighted by Crippen LogP contribution is 2.24. The van der Waals surface area contributed by atoms with Crippen molar-refractivity contribution in [2.24, 2.45) is 5.73 Å². The summed E-state index contributed by atoms with van der Waals surface area (Å²) in [5.41, 5.74) is 6.32. The molecule has 0 radical (unpaired) electrons. The van der Waals surface area contributed by atoms with Gasteiger partial charge >= 0.3 is 0 Å². The van der Waals surface area contributed by atoms with Crippen LogP contribution < -0.4 is 5.73 Å². The minimum Gasteiger partial charge on any atom is -0.350 e. The molecule has 1 aromatic rings. The minimum atomic E-state index is -0.444. The van der Waals surface area contributed by atoms with Crippen LogP contribution in [0.3, 0.4) is 0 Å². The van der Waals surface area contributed by atoms with Crippen molar-refractivity contribution in [3.8, 4) is 0 Å². The Hall–Kier alpha value is -0.680. The fraction of sp³-hybridized carbons (Fsp3) is 0.455. The third-order valence-electron chi connectivity index (χ3n) is 2.50. The summed E-state index contributed by atoms with van der Waals surface area (Å²) in [6.07, 6.45) is 0.114. The zero-order chi connectivity index (χ0) is 11.5. The SMILES string of the molecule is NC(CC1OCCO1)c1ccc(Cl)cc1F. The van der Waals surface area contributed by atoms with Crippen LogP contribution in [0.4, 0.5) is 4.39 Å². The molecule has 1 aliphatic heterocycles. The first-order valence-corrected chi connectivity index (χ1v) is 5.48. The number of hydrogen-bond donors (Lipinski definition) is 1. The number of rotatable bonds is 3. The first kappa shape index (κ1) is 11.8. The second kappa shape index (κ2) is 5.10. The van der Waals surface area contributed by atoms with Crippen molar-refractivity contribution in [2.75, 3.05) is 13.2 Å². The van der Waals surface area contributed by atoms with Gasteiger partial charge in [0.2, 0.25) is 0 Å². The van der Waals surface area contributed by atoms with Crippen molar-refractivity contribution in [1.29, 1.82) is 0 Å². The minimum absolute atomic E-state index is 0.329. The summed E-state index contributed by atoms with van der Waals surface area (Å²) in [5, 5.41) is 0.363. The zero-order valence-corrected chi connectivity index (χ0v) is 9.41. The van der Waals surface area contributed by atoms with Crippen LogP contribution in [0, 0.1) is 5.82 Å². The normalized spacial score (nSPS) is 18.9. The van der Waals surface area contributed by atoms with Gasteiger partial charge in [0, 0.05) is 23.0 Å². The van der Waals surface area contributed by atoms with Gasteiger partial charge in [0.1, 0.15) is 5.82 Å². The van der Waals surface area contributed by atoms with Crippen molar-refractivity contribution < 1.29 is 13.9 Å². The van der Waals surface area contributed by atoms with E-state index in [4.69, 9.17) is 26.8 Å². The third kappa shape index (κ3) is 2.71. The number of ether oxygens (including phenoxy) is 2. The summed E-state index contributed by atoms with van der Waals surface area (Å²) in [5.74, 6) is -0.391. The van der Waals surface area contributed by atoms with Gasteiger partial charge in [0.25, 0.3) is 0 Å². The second-order valence-corrected chi connectivity index (χ2v) is 4.12. The van der Waals surface area contributed by atoms with E-state index in [9.17, 15) is 4.39 Å². The summed E-state index contributed by atoms with van der Waals surface area (Å²) >= 11 is 5.66. The van der Waals surface area contributed by atoms with Crippen LogP contribution in [0.2, 0.25) is 5.02 Å². The van der Waals surface area contributed by atoms with E-state index >= 15 is 0 Å². The predicted molar refractivity (Wildman–Crippen MR) is 58.6 cm³/mol. The Labute approximate surface area is 98.3 Å². The molecule has 1 aliphatic rings. The molecule has 0 aromatic heterocycles. The van der Waals surface area contributed by atoms with E-state index in [0.29, 0.717) is 30.2 Å². The molecule has 0 amide bonds. The third-order valence-corrected chi connectivity index (χ3v) is 2.73. The highest BCUT2D eigenvalue weighted by Gasteiger charge is 2.21. The van der Waals surface area contributed by atoms with Gasteiger partial charge in [-0.2, -0.15) is 0 Å². The van der Waals surface area contributed by atoms with Crippen molar-refractivity contribution in [3.05, 3.63) is 34.6 Å². The van der Waals surface area contributed by atoms with Crippen molar-refractivity contribution in [2.45, 2.75) is 18.8 Å². The molecule has 1 aromatic carbocycles. The lowest BCUT2D eigenvalue weighted by molar-refractivity contribution is -0.0509. The average molecular weight is 246 g/mol. The molecule has 1 saturated heterocycles. The molecule has 2 rings (SSSR count). The molecule has 5 heteroatoms. The van der Waals surface area contributed by atoms with Crippen LogP contribution in [0.1, 0.15) is 18.0 Å². The maximum atomic E-state index is 13.5. The predicted octanol–water partition coefficient (Wildman–Crippen LogP) is 2.24. The van der Waals surface area contributed by atoms with Crippen LogP contribution in [-0.4, -0.2) is 19.5 Å². The summed E-state index contributed by atoms with van der Waals surface area (Å²) in [6, 6.07) is 4.03. The molecule has 1 unspecified atom stereocenters. The monoisotopic (exact) mass is 245 g/mol. The lowest BCUT2D eigenvalue weighted by Crippen LogP contribution is -2.20. The standard InChI is InChI=1S/C11H13ClFNO2/c12-7-1-2-8(9(13)5-7)10(14)6-11-15-3-4-16-11/h1-2,5,10-11H,3-4,6,14H2. The van der Waals surface area contributed by atoms with E-state index in [1.54, 1.807) is 12.1 Å². The molecule has 1 heterocycles. The Morgan fingerprint density at radius 3 is 2.75 bits per heavy atom. The summed E-state index contributed by atoms with van der Waals surface area (Å²) in [6.45, 7) is 1.14. The molecule has 1 atom stereocenters. The molecular weight excluding hydrogens is 233 g/mol. The Bertz CT molecular complexity index is 369. The number of benzene rings is 1. The Kier molecular flexibility index (Phi) is 3.76. The molecule has 0 saturated carbocycles. The van der Waals surface area contributed by atoms with Gasteiger partial charge in [-0.15, -0.1) is 0 Å². The van der Waals surface area contributed by atoms with Gasteiger partial charge < -0.3 is 15.2 Å². The molecule has 88 valence electrons. The van der Waals surface area contributed by atoms with E-state index in [1.165, 1.54) is 6.07 Å². The van der Waals surface area contributed by atoms with Gasteiger partial charge in [-0.1, -0.05) is 17.7 Å². The molecule has 0 spiro atoms. The van der Waals surface area contributed by atoms with E-state index in [0.717, 1.165) is 0 Å². The molecule has 1 fully saturated rings. The van der Waals surface area contributed by atoms with Gasteiger partial charge in [0.15, 0.2) is 6.29 Å². The summed E-state index contributed by atoms with van der Waals surface area (Å²) < 4.78 is 24.0. The molecule has 16 heavy (non-hydrogen) atoms. The largest absolute Gasteiger partial charge is 0.350 e. The lowest BCUT2D eigenvalue weighted by atomic mass is 10.0. The highest BCUT2D eigenvalue weighted by molar-refractivity contribution is 6.30.